The molecule has 0 radical (unpaired) electrons. The number of hydrogen-bond donors (Lipinski definition) is 1. The molecule has 3 atom stereocenters. The van der Waals surface area contributed by atoms with E-state index in [4.69, 9.17) is 4.74 Å². The number of ether oxygens (including phenoxy) is 1. The van der Waals surface area contributed by atoms with Gasteiger partial charge in [-0.3, -0.25) is 19.3 Å². The quantitative estimate of drug-likeness (QED) is 0.375. The highest BCUT2D eigenvalue weighted by atomic mass is 16.6. The Morgan fingerprint density at radius 2 is 1.39 bits per heavy atom. The number of rotatable bonds is 5. The number of fused-ring (bicyclic) bond motifs is 2. The maximum Gasteiger partial charge on any atom is 0.417 e. The number of anilines is 2. The molecule has 1 N–H and O–H groups in total. The van der Waals surface area contributed by atoms with Gasteiger partial charge in [-0.1, -0.05) is 84.9 Å². The monoisotopic (exact) mass is 545 g/mol. The summed E-state index contributed by atoms with van der Waals surface area (Å²) in [5.74, 6) is -2.67. The molecule has 8 nitrogen and oxygen atoms in total. The minimum absolute atomic E-state index is 0.00598. The van der Waals surface area contributed by atoms with Crippen LogP contribution < -0.4 is 10.2 Å². The van der Waals surface area contributed by atoms with Crippen molar-refractivity contribution in [2.75, 3.05) is 11.5 Å². The maximum absolute atomic E-state index is 14.9. The molecule has 0 aliphatic carbocycles. The third-order valence-electron chi connectivity index (χ3n) is 7.65. The highest BCUT2D eigenvalue weighted by molar-refractivity contribution is 6.19. The predicted octanol–water partition coefficient (Wildman–Crippen LogP) is 5.14. The first-order valence-corrected chi connectivity index (χ1v) is 13.4. The Hall–Kier alpha value is -5.24. The summed E-state index contributed by atoms with van der Waals surface area (Å²) in [6.07, 6.45) is -0.951. The predicted molar refractivity (Wildman–Crippen MR) is 152 cm³/mol. The van der Waals surface area contributed by atoms with Gasteiger partial charge in [-0.05, 0) is 42.8 Å². The van der Waals surface area contributed by atoms with E-state index in [2.05, 4.69) is 5.32 Å². The van der Waals surface area contributed by atoms with Crippen molar-refractivity contribution in [2.45, 2.75) is 24.4 Å². The molecule has 8 heteroatoms. The van der Waals surface area contributed by atoms with Crippen molar-refractivity contribution in [3.8, 4) is 0 Å². The van der Waals surface area contributed by atoms with Gasteiger partial charge in [0.05, 0.1) is 18.2 Å². The summed E-state index contributed by atoms with van der Waals surface area (Å²) in [5.41, 5.74) is 0.735. The Labute approximate surface area is 237 Å². The molecule has 0 aromatic heterocycles. The van der Waals surface area contributed by atoms with Crippen LogP contribution in [0.1, 0.15) is 34.3 Å². The van der Waals surface area contributed by atoms with E-state index in [1.54, 1.807) is 97.9 Å². The fourth-order valence-corrected chi connectivity index (χ4v) is 6.05. The van der Waals surface area contributed by atoms with Crippen LogP contribution in [-0.2, 0) is 19.9 Å². The number of carbonyl (C=O) groups excluding carboxylic acids is 4. The minimum Gasteiger partial charge on any atom is -0.449 e. The number of benzene rings is 4. The lowest BCUT2D eigenvalue weighted by molar-refractivity contribution is -0.138. The molecule has 0 bridgehead atoms. The lowest BCUT2D eigenvalue weighted by Gasteiger charge is -2.36. The molecular weight excluding hydrogens is 518 g/mol. The first-order valence-electron chi connectivity index (χ1n) is 13.4. The van der Waals surface area contributed by atoms with E-state index >= 15 is 0 Å². The van der Waals surface area contributed by atoms with Crippen LogP contribution in [0.2, 0.25) is 0 Å². The first kappa shape index (κ1) is 26.0. The highest BCUT2D eigenvalue weighted by Gasteiger charge is 2.71. The van der Waals surface area contributed by atoms with E-state index in [0.717, 1.165) is 4.90 Å². The molecule has 2 heterocycles. The fourth-order valence-electron chi connectivity index (χ4n) is 6.05. The van der Waals surface area contributed by atoms with Crippen molar-refractivity contribution in [3.05, 3.63) is 132 Å². The summed E-state index contributed by atoms with van der Waals surface area (Å²) in [7, 11) is 0. The lowest BCUT2D eigenvalue weighted by atomic mass is 9.74. The molecule has 1 spiro atoms. The van der Waals surface area contributed by atoms with Crippen LogP contribution in [0.25, 0.3) is 0 Å². The Bertz CT molecular complexity index is 1630. The van der Waals surface area contributed by atoms with Gasteiger partial charge in [0.15, 0.2) is 5.54 Å². The van der Waals surface area contributed by atoms with Crippen LogP contribution in [0.4, 0.5) is 16.2 Å². The van der Waals surface area contributed by atoms with Crippen LogP contribution in [0, 0.1) is 0 Å². The largest absolute Gasteiger partial charge is 0.449 e. The van der Waals surface area contributed by atoms with Gasteiger partial charge in [0, 0.05) is 16.8 Å². The zero-order valence-corrected chi connectivity index (χ0v) is 22.3. The third-order valence-corrected chi connectivity index (χ3v) is 7.65. The summed E-state index contributed by atoms with van der Waals surface area (Å²) in [5, 5.41) is 2.87. The average molecular weight is 546 g/mol. The highest BCUT2D eigenvalue weighted by Crippen LogP contribution is 2.58. The van der Waals surface area contributed by atoms with E-state index in [9.17, 15) is 19.2 Å². The van der Waals surface area contributed by atoms with Crippen LogP contribution in [0.15, 0.2) is 115 Å². The molecule has 2 aliphatic heterocycles. The summed E-state index contributed by atoms with van der Waals surface area (Å²) < 4.78 is 5.39. The number of carbonyl (C=O) groups is 4. The summed E-state index contributed by atoms with van der Waals surface area (Å²) in [6.45, 7) is 1.63. The van der Waals surface area contributed by atoms with Crippen molar-refractivity contribution in [1.29, 1.82) is 0 Å². The number of nitrogens with one attached hydrogen (secondary N) is 1. The van der Waals surface area contributed by atoms with Crippen LogP contribution in [0.3, 0.4) is 0 Å². The zero-order valence-electron chi connectivity index (χ0n) is 22.3. The maximum atomic E-state index is 14.9. The molecule has 1 saturated heterocycles. The van der Waals surface area contributed by atoms with Crippen LogP contribution >= 0.6 is 0 Å². The van der Waals surface area contributed by atoms with Crippen molar-refractivity contribution in [2.24, 2.45) is 0 Å². The minimum atomic E-state index is -1.83. The second-order valence-electron chi connectivity index (χ2n) is 9.84. The van der Waals surface area contributed by atoms with E-state index in [0.29, 0.717) is 28.1 Å². The molecule has 2 aliphatic rings. The van der Waals surface area contributed by atoms with Gasteiger partial charge in [-0.2, -0.15) is 0 Å². The third kappa shape index (κ3) is 3.98. The number of amides is 4. The summed E-state index contributed by atoms with van der Waals surface area (Å²) in [4.78, 5) is 58.9. The van der Waals surface area contributed by atoms with Crippen molar-refractivity contribution in [3.63, 3.8) is 0 Å². The van der Waals surface area contributed by atoms with Crippen molar-refractivity contribution < 1.29 is 23.9 Å². The van der Waals surface area contributed by atoms with Gasteiger partial charge < -0.3 is 10.1 Å². The SMILES string of the molecule is CCOC(=O)N1C(=O)C(NC(=O)c2ccccc2)C(c2ccccc2)C12C(=O)N(c1ccccc1)c1ccccc12. The number of para-hydroxylation sites is 2. The molecule has 4 aromatic rings. The Balaban J connectivity index is 1.61. The molecule has 4 amide bonds. The molecule has 3 unspecified atom stereocenters. The number of nitrogens with zero attached hydrogens (tertiary/aromatic N) is 2. The number of hydrogen-bond acceptors (Lipinski definition) is 5. The second-order valence-corrected chi connectivity index (χ2v) is 9.84. The smallest absolute Gasteiger partial charge is 0.417 e. The van der Waals surface area contributed by atoms with Gasteiger partial charge in [0.25, 0.3) is 17.7 Å². The summed E-state index contributed by atoms with van der Waals surface area (Å²) in [6, 6.07) is 32.5. The van der Waals surface area contributed by atoms with Crippen LogP contribution in [-0.4, -0.2) is 41.4 Å². The van der Waals surface area contributed by atoms with Crippen molar-refractivity contribution >= 4 is 35.2 Å². The van der Waals surface area contributed by atoms with E-state index in [1.807, 2.05) is 24.3 Å². The van der Waals surface area contributed by atoms with Crippen molar-refractivity contribution in [1.82, 2.24) is 10.2 Å². The molecule has 41 heavy (non-hydrogen) atoms. The standard InChI is InChI=1S/C33H27N3O5/c1-2-41-32(40)36-30(38)28(34-29(37)23-16-8-4-9-17-23)27(22-14-6-3-7-15-22)33(36)25-20-12-13-21-26(25)35(31(33)39)24-18-10-5-11-19-24/h3-21,27-28H,2H2,1H3,(H,34,37). The Morgan fingerprint density at radius 3 is 2.05 bits per heavy atom. The zero-order chi connectivity index (χ0) is 28.6. The molecule has 204 valence electrons. The molecule has 6 rings (SSSR count). The molecule has 0 saturated carbocycles. The van der Waals surface area contributed by atoms with E-state index in [1.165, 1.54) is 4.90 Å². The number of imide groups is 1. The van der Waals surface area contributed by atoms with Crippen LogP contribution in [0.5, 0.6) is 0 Å². The normalized spacial score (nSPS) is 21.2. The Morgan fingerprint density at radius 1 is 0.805 bits per heavy atom. The lowest BCUT2D eigenvalue weighted by Crippen LogP contribution is -2.55. The number of likely N-dealkylation sites (tertiary alicyclic amines) is 1. The van der Waals surface area contributed by atoms with E-state index < -0.39 is 41.3 Å². The second kappa shape index (κ2) is 10.4. The topological polar surface area (TPSA) is 96.0 Å². The average Bonchev–Trinajstić information content (AvgIpc) is 3.42. The van der Waals surface area contributed by atoms with E-state index in [-0.39, 0.29) is 6.61 Å². The molecular formula is C33H27N3O5. The Kier molecular flexibility index (Phi) is 6.59. The first-order chi connectivity index (χ1) is 20.0. The molecule has 1 fully saturated rings. The van der Waals surface area contributed by atoms with Gasteiger partial charge in [0.2, 0.25) is 0 Å². The molecule has 4 aromatic carbocycles. The van der Waals surface area contributed by atoms with Gasteiger partial charge >= 0.3 is 6.09 Å². The summed E-state index contributed by atoms with van der Waals surface area (Å²) >= 11 is 0. The van der Waals surface area contributed by atoms with Gasteiger partial charge in [-0.25, -0.2) is 9.69 Å². The fraction of sp³-hybridized carbons (Fsp3) is 0.152. The van der Waals surface area contributed by atoms with Gasteiger partial charge in [-0.15, -0.1) is 0 Å². The van der Waals surface area contributed by atoms with Gasteiger partial charge in [0.1, 0.15) is 6.04 Å².